The molecule has 7 heteroatoms. The number of rotatable bonds is 11. The van der Waals surface area contributed by atoms with Crippen molar-refractivity contribution in [1.82, 2.24) is 0 Å². The molecule has 236 valence electrons. The Labute approximate surface area is 273 Å². The van der Waals surface area contributed by atoms with E-state index in [0.717, 1.165) is 27.8 Å². The zero-order chi connectivity index (χ0) is 32.8. The van der Waals surface area contributed by atoms with Crippen molar-refractivity contribution in [2.24, 2.45) is 0 Å². The Morgan fingerprint density at radius 1 is 0.457 bits per heavy atom. The number of ether oxygens (including phenoxy) is 2. The van der Waals surface area contributed by atoms with Crippen LogP contribution in [0.1, 0.15) is 27.8 Å². The Kier molecular flexibility index (Phi) is 9.88. The predicted molar refractivity (Wildman–Crippen MR) is 184 cm³/mol. The van der Waals surface area contributed by atoms with Gasteiger partial charge in [0.05, 0.1) is 0 Å². The molecule has 0 saturated carbocycles. The van der Waals surface area contributed by atoms with E-state index in [2.05, 4.69) is 0 Å². The number of hydrogen-bond donors (Lipinski definition) is 0. The van der Waals surface area contributed by atoms with Gasteiger partial charge in [0.2, 0.25) is 0 Å². The van der Waals surface area contributed by atoms with Gasteiger partial charge in [0.15, 0.2) is 0 Å². The van der Waals surface area contributed by atoms with Crippen molar-refractivity contribution in [3.63, 3.8) is 0 Å². The summed E-state index contributed by atoms with van der Waals surface area (Å²) in [4.78, 5) is 28.6. The van der Waals surface area contributed by atoms with E-state index in [9.17, 15) is 9.59 Å². The Balaban J connectivity index is 1.75. The monoisotopic (exact) mass is 724 g/mol. The Morgan fingerprint density at radius 2 is 0.739 bits per heavy atom. The normalized spacial score (nSPS) is 12.0. The molecule has 0 fully saturated rings. The summed E-state index contributed by atoms with van der Waals surface area (Å²) in [5.41, 5.74) is 4.58. The van der Waals surface area contributed by atoms with Crippen LogP contribution < -0.4 is 20.0 Å². The first kappa shape index (κ1) is 32.8. The molecule has 0 heterocycles. The fourth-order valence-corrected chi connectivity index (χ4v) is 18.5. The summed E-state index contributed by atoms with van der Waals surface area (Å²) in [6.07, 6.45) is -0.0448. The number of benzene rings is 5. The molecule has 5 rings (SSSR count). The third-order valence-electron chi connectivity index (χ3n) is 8.08. The van der Waals surface area contributed by atoms with Crippen LogP contribution in [0.25, 0.3) is 0 Å². The van der Waals surface area contributed by atoms with E-state index >= 15 is 0 Å². The minimum absolute atomic E-state index is 0.0224. The summed E-state index contributed by atoms with van der Waals surface area (Å²) in [5.74, 6) is 0.387. The van der Waals surface area contributed by atoms with E-state index in [1.807, 2.05) is 142 Å². The second kappa shape index (κ2) is 13.8. The van der Waals surface area contributed by atoms with Crippen LogP contribution in [0.2, 0.25) is 0 Å². The van der Waals surface area contributed by atoms with Crippen molar-refractivity contribution < 1.29 is 25.1 Å². The first-order valence-corrected chi connectivity index (χ1v) is 21.0. The number of carbonyl (C=O) groups is 2. The predicted octanol–water partition coefficient (Wildman–Crippen LogP) is 5.62. The topological polar surface area (TPSA) is 71.1 Å². The minimum atomic E-state index is -6.03. The number of carbonyl (C=O) groups excluding carboxylic acids is 2. The van der Waals surface area contributed by atoms with E-state index < -0.39 is 30.2 Å². The molecule has 5 aromatic rings. The zero-order valence-corrected chi connectivity index (χ0v) is 29.4. The van der Waals surface area contributed by atoms with Gasteiger partial charge in [0.25, 0.3) is 0 Å². The molecule has 0 amide bonds. The van der Waals surface area contributed by atoms with Gasteiger partial charge in [-0.25, -0.2) is 0 Å². The molecule has 0 N–H and O–H groups in total. The molecule has 0 aliphatic heterocycles. The van der Waals surface area contributed by atoms with E-state index in [1.54, 1.807) is 14.2 Å². The molecular formula is C39H39O6Sb. The van der Waals surface area contributed by atoms with Gasteiger partial charge in [-0.05, 0) is 0 Å². The van der Waals surface area contributed by atoms with Crippen molar-refractivity contribution in [2.75, 3.05) is 14.2 Å². The molecule has 0 atom stereocenters. The van der Waals surface area contributed by atoms with Gasteiger partial charge in [-0.2, -0.15) is 0 Å². The van der Waals surface area contributed by atoms with E-state index in [-0.39, 0.29) is 12.8 Å². The average molecular weight is 725 g/mol. The summed E-state index contributed by atoms with van der Waals surface area (Å²) >= 11 is -6.03. The molecule has 0 spiro atoms. The summed E-state index contributed by atoms with van der Waals surface area (Å²) in [6.45, 7) is 5.99. The fourth-order valence-electron chi connectivity index (χ4n) is 5.50. The summed E-state index contributed by atoms with van der Waals surface area (Å²) in [7, 11) is 3.20. The molecule has 0 aliphatic carbocycles. The first-order valence-electron chi connectivity index (χ1n) is 15.1. The standard InChI is InChI=1S/2C9H10O3.3C7H7.Sb/c2*1-12-8-4-2-7(3-5-8)6-9(10)11;3*1-7-5-3-2-4-6-7;/h2*2-5H,6H2,1H3,(H,10,11);3*3-6H,1H3;/q;;;;;+2/p-2. The maximum atomic E-state index is 14.3. The van der Waals surface area contributed by atoms with E-state index in [4.69, 9.17) is 15.5 Å². The quantitative estimate of drug-likeness (QED) is 0.165. The molecule has 46 heavy (non-hydrogen) atoms. The van der Waals surface area contributed by atoms with Gasteiger partial charge < -0.3 is 0 Å². The molecule has 0 unspecified atom stereocenters. The average Bonchev–Trinajstić information content (AvgIpc) is 3.06. The maximum absolute atomic E-state index is 14.3. The van der Waals surface area contributed by atoms with Gasteiger partial charge in [-0.1, -0.05) is 0 Å². The number of aryl methyl sites for hydroxylation is 3. The van der Waals surface area contributed by atoms with Crippen LogP contribution >= 0.6 is 0 Å². The van der Waals surface area contributed by atoms with Crippen molar-refractivity contribution in [3.05, 3.63) is 149 Å². The SMILES string of the molecule is COc1ccc(CC(=O)[O][Sb]([O]C(=O)Cc2ccc(OC)cc2)([c]2ccc(C)cc2)([c]2ccc(C)cc2)[c]2ccc(C)cc2)cc1. The molecule has 0 saturated heterocycles. The molecule has 5 aromatic carbocycles. The molecule has 6 nitrogen and oxygen atoms in total. The van der Waals surface area contributed by atoms with Crippen LogP contribution in [0.4, 0.5) is 0 Å². The van der Waals surface area contributed by atoms with Gasteiger partial charge in [-0.3, -0.25) is 0 Å². The Hall–Kier alpha value is -4.54. The fraction of sp³-hybridized carbons (Fsp3) is 0.179. The van der Waals surface area contributed by atoms with Crippen molar-refractivity contribution in [1.29, 1.82) is 0 Å². The Morgan fingerprint density at radius 3 is 1.00 bits per heavy atom. The van der Waals surface area contributed by atoms with Crippen molar-refractivity contribution >= 4 is 40.7 Å². The van der Waals surface area contributed by atoms with E-state index in [0.29, 0.717) is 22.0 Å². The van der Waals surface area contributed by atoms with Crippen molar-refractivity contribution in [2.45, 2.75) is 33.6 Å². The number of methoxy groups -OCH3 is 2. The Bertz CT molecular complexity index is 1610. The van der Waals surface area contributed by atoms with Gasteiger partial charge in [0, 0.05) is 0 Å². The second-order valence-corrected chi connectivity index (χ2v) is 22.4. The van der Waals surface area contributed by atoms with Crippen LogP contribution in [0.3, 0.4) is 0 Å². The molecule has 0 aliphatic rings. The number of hydrogen-bond acceptors (Lipinski definition) is 6. The van der Waals surface area contributed by atoms with Crippen LogP contribution in [0.15, 0.2) is 121 Å². The third kappa shape index (κ3) is 6.68. The summed E-state index contributed by atoms with van der Waals surface area (Å²) in [6, 6.07) is 38.1. The van der Waals surface area contributed by atoms with E-state index in [1.165, 1.54) is 0 Å². The summed E-state index contributed by atoms with van der Waals surface area (Å²) < 4.78 is 26.6. The summed E-state index contributed by atoms with van der Waals surface area (Å²) in [5, 5.41) is 0. The molecular weight excluding hydrogens is 686 g/mol. The molecule has 0 bridgehead atoms. The first-order chi connectivity index (χ1) is 22.1. The van der Waals surface area contributed by atoms with Crippen LogP contribution in [-0.2, 0) is 28.5 Å². The molecule has 0 radical (unpaired) electrons. The molecule has 0 aromatic heterocycles. The zero-order valence-electron chi connectivity index (χ0n) is 26.9. The van der Waals surface area contributed by atoms with Crippen LogP contribution in [-0.4, -0.2) is 44.4 Å². The third-order valence-corrected chi connectivity index (χ3v) is 21.8. The van der Waals surface area contributed by atoms with Crippen molar-refractivity contribution in [3.8, 4) is 11.5 Å². The van der Waals surface area contributed by atoms with Crippen LogP contribution in [0.5, 0.6) is 11.5 Å². The van der Waals surface area contributed by atoms with Gasteiger partial charge in [-0.15, -0.1) is 0 Å². The van der Waals surface area contributed by atoms with Gasteiger partial charge >= 0.3 is 274 Å². The second-order valence-electron chi connectivity index (χ2n) is 11.4. The van der Waals surface area contributed by atoms with Gasteiger partial charge in [0.1, 0.15) is 0 Å². The van der Waals surface area contributed by atoms with Crippen LogP contribution in [0, 0.1) is 20.8 Å².